The summed E-state index contributed by atoms with van der Waals surface area (Å²) in [4.78, 5) is 11.7. The molecule has 0 unspecified atom stereocenters. The largest absolute Gasteiger partial charge is 0.459 e. The van der Waals surface area contributed by atoms with Crippen LogP contribution in [0.3, 0.4) is 0 Å². The predicted octanol–water partition coefficient (Wildman–Crippen LogP) is 3.14. The number of amides is 1. The van der Waals surface area contributed by atoms with Gasteiger partial charge in [0, 0.05) is 29.7 Å². The van der Waals surface area contributed by atoms with Crippen LogP contribution < -0.4 is 5.73 Å². The second kappa shape index (κ2) is 7.99. The molecular formula is C19H23NO4S. The summed E-state index contributed by atoms with van der Waals surface area (Å²) in [6.45, 7) is 2.48. The molecular weight excluding hydrogens is 338 g/mol. The molecule has 0 fully saturated rings. The van der Waals surface area contributed by atoms with E-state index < -0.39 is 12.2 Å². The van der Waals surface area contributed by atoms with Gasteiger partial charge in [-0.05, 0) is 48.2 Å². The van der Waals surface area contributed by atoms with Crippen LogP contribution >= 0.6 is 11.3 Å². The first-order valence-electron chi connectivity index (χ1n) is 8.52. The van der Waals surface area contributed by atoms with Gasteiger partial charge in [-0.1, -0.05) is 18.2 Å². The van der Waals surface area contributed by atoms with Gasteiger partial charge in [-0.25, -0.2) is 0 Å². The highest BCUT2D eigenvalue weighted by Crippen LogP contribution is 2.43. The highest BCUT2D eigenvalue weighted by molar-refractivity contribution is 7.17. The van der Waals surface area contributed by atoms with Crippen molar-refractivity contribution in [2.75, 3.05) is 13.2 Å². The Morgan fingerprint density at radius 2 is 2.20 bits per heavy atom. The van der Waals surface area contributed by atoms with Crippen LogP contribution in [0.2, 0.25) is 0 Å². The molecule has 0 spiro atoms. The summed E-state index contributed by atoms with van der Waals surface area (Å²) >= 11 is 1.68. The van der Waals surface area contributed by atoms with E-state index in [1.54, 1.807) is 11.3 Å². The average molecular weight is 361 g/mol. The molecule has 1 aliphatic heterocycles. The van der Waals surface area contributed by atoms with Gasteiger partial charge in [0.05, 0.1) is 0 Å². The third kappa shape index (κ3) is 3.71. The Hall–Kier alpha value is -1.89. The van der Waals surface area contributed by atoms with Crippen LogP contribution in [-0.2, 0) is 14.3 Å². The van der Waals surface area contributed by atoms with E-state index in [9.17, 15) is 9.90 Å². The normalized spacial score (nSPS) is 23.3. The molecule has 0 aliphatic carbocycles. The number of aliphatic hydroxyl groups is 1. The van der Waals surface area contributed by atoms with Crippen LogP contribution in [-0.4, -0.2) is 30.5 Å². The van der Waals surface area contributed by atoms with E-state index in [2.05, 4.69) is 17.5 Å². The molecule has 0 saturated heterocycles. The third-order valence-electron chi connectivity index (χ3n) is 4.52. The highest BCUT2D eigenvalue weighted by atomic mass is 32.1. The number of hydrogen-bond donors (Lipinski definition) is 2. The molecule has 1 aromatic heterocycles. The Morgan fingerprint density at radius 3 is 2.92 bits per heavy atom. The van der Waals surface area contributed by atoms with Gasteiger partial charge in [0.25, 0.3) is 5.91 Å². The van der Waals surface area contributed by atoms with Gasteiger partial charge in [0.15, 0.2) is 5.76 Å². The number of carbonyl (C=O) groups is 1. The number of thiophene rings is 1. The number of fused-ring (bicyclic) bond motifs is 1. The minimum Gasteiger partial charge on any atom is -0.459 e. The lowest BCUT2D eigenvalue weighted by molar-refractivity contribution is -0.165. The molecule has 3 N–H and O–H groups in total. The van der Waals surface area contributed by atoms with Crippen molar-refractivity contribution in [3.05, 3.63) is 47.0 Å². The summed E-state index contributed by atoms with van der Waals surface area (Å²) in [7, 11) is 0. The number of aliphatic hydroxyl groups excluding tert-OH is 1. The SMILES string of the molecule is CCO[C@H]1OC(C(N)=O)=C[C@@H](c2csc3ccccc23)[C@@H]1CCCO. The molecule has 0 saturated carbocycles. The van der Waals surface area contributed by atoms with Crippen LogP contribution in [0.1, 0.15) is 31.2 Å². The molecule has 25 heavy (non-hydrogen) atoms. The van der Waals surface area contributed by atoms with Crippen LogP contribution in [0.5, 0.6) is 0 Å². The maximum atomic E-state index is 11.7. The summed E-state index contributed by atoms with van der Waals surface area (Å²) < 4.78 is 12.7. The van der Waals surface area contributed by atoms with Crippen LogP contribution in [0.25, 0.3) is 10.1 Å². The van der Waals surface area contributed by atoms with E-state index in [0.29, 0.717) is 13.0 Å². The number of hydrogen-bond acceptors (Lipinski definition) is 5. The van der Waals surface area contributed by atoms with Crippen molar-refractivity contribution in [1.82, 2.24) is 0 Å². The van der Waals surface area contributed by atoms with Crippen LogP contribution in [0.4, 0.5) is 0 Å². The number of ether oxygens (including phenoxy) is 2. The van der Waals surface area contributed by atoms with Gasteiger partial charge in [0.1, 0.15) is 0 Å². The van der Waals surface area contributed by atoms with E-state index in [-0.39, 0.29) is 24.2 Å². The lowest BCUT2D eigenvalue weighted by Crippen LogP contribution is -2.37. The van der Waals surface area contributed by atoms with E-state index in [1.807, 2.05) is 25.1 Å². The minimum absolute atomic E-state index is 0.00760. The van der Waals surface area contributed by atoms with Crippen molar-refractivity contribution in [1.29, 1.82) is 0 Å². The molecule has 1 aliphatic rings. The summed E-state index contributed by atoms with van der Waals surface area (Å²) in [5.74, 6) is -0.475. The first-order chi connectivity index (χ1) is 12.2. The van der Waals surface area contributed by atoms with Crippen molar-refractivity contribution < 1.29 is 19.4 Å². The molecule has 6 heteroatoms. The van der Waals surface area contributed by atoms with Gasteiger partial charge < -0.3 is 20.3 Å². The highest BCUT2D eigenvalue weighted by Gasteiger charge is 2.38. The molecule has 2 heterocycles. The van der Waals surface area contributed by atoms with Gasteiger partial charge in [-0.3, -0.25) is 4.79 Å². The maximum absolute atomic E-state index is 11.7. The predicted molar refractivity (Wildman–Crippen MR) is 98.2 cm³/mol. The Morgan fingerprint density at radius 1 is 1.40 bits per heavy atom. The number of benzene rings is 1. The van der Waals surface area contributed by atoms with E-state index in [1.165, 1.54) is 10.1 Å². The van der Waals surface area contributed by atoms with E-state index in [4.69, 9.17) is 15.2 Å². The zero-order valence-corrected chi connectivity index (χ0v) is 15.0. The second-order valence-corrected chi connectivity index (χ2v) is 6.99. The zero-order chi connectivity index (χ0) is 17.8. The van der Waals surface area contributed by atoms with Crippen molar-refractivity contribution in [3.8, 4) is 0 Å². The standard InChI is InChI=1S/C19H23NO4S/c1-2-23-19-13(7-5-9-21)14(10-16(24-19)18(20)22)15-11-25-17-8-4-3-6-12(15)17/h3-4,6,8,10-11,13-14,19,21H,2,5,7,9H2,1H3,(H2,20,22)/t13-,14+,19-/m0/s1. The lowest BCUT2D eigenvalue weighted by atomic mass is 9.80. The summed E-state index contributed by atoms with van der Waals surface area (Å²) in [6, 6.07) is 8.21. The lowest BCUT2D eigenvalue weighted by Gasteiger charge is -2.36. The Bertz CT molecular complexity index is 770. The van der Waals surface area contributed by atoms with Crippen molar-refractivity contribution in [2.24, 2.45) is 11.7 Å². The van der Waals surface area contributed by atoms with Crippen molar-refractivity contribution >= 4 is 27.3 Å². The first-order valence-corrected chi connectivity index (χ1v) is 9.40. The number of carbonyl (C=O) groups excluding carboxylic acids is 1. The number of nitrogens with two attached hydrogens (primary N) is 1. The quantitative estimate of drug-likeness (QED) is 0.794. The fraction of sp³-hybridized carbons (Fsp3) is 0.421. The molecule has 3 atom stereocenters. The van der Waals surface area contributed by atoms with Gasteiger partial charge >= 0.3 is 0 Å². The topological polar surface area (TPSA) is 81.8 Å². The summed E-state index contributed by atoms with van der Waals surface area (Å²) in [6.07, 6.45) is 2.65. The average Bonchev–Trinajstić information content (AvgIpc) is 3.04. The minimum atomic E-state index is -0.588. The Balaban J connectivity index is 2.06. The zero-order valence-electron chi connectivity index (χ0n) is 14.2. The number of rotatable bonds is 7. The molecule has 2 aromatic rings. The number of allylic oxidation sites excluding steroid dienone is 1. The fourth-order valence-corrected chi connectivity index (χ4v) is 4.40. The van der Waals surface area contributed by atoms with Crippen molar-refractivity contribution in [3.63, 3.8) is 0 Å². The smallest absolute Gasteiger partial charge is 0.283 e. The molecule has 3 rings (SSSR count). The molecule has 5 nitrogen and oxygen atoms in total. The molecule has 1 aromatic carbocycles. The second-order valence-electron chi connectivity index (χ2n) is 6.08. The van der Waals surface area contributed by atoms with E-state index >= 15 is 0 Å². The molecule has 1 amide bonds. The molecule has 0 radical (unpaired) electrons. The summed E-state index contributed by atoms with van der Waals surface area (Å²) in [5.41, 5.74) is 6.62. The van der Waals surface area contributed by atoms with Gasteiger partial charge in [-0.2, -0.15) is 0 Å². The van der Waals surface area contributed by atoms with E-state index in [0.717, 1.165) is 12.0 Å². The maximum Gasteiger partial charge on any atom is 0.283 e. The first kappa shape index (κ1) is 17.9. The molecule has 0 bridgehead atoms. The monoisotopic (exact) mass is 361 g/mol. The summed E-state index contributed by atoms with van der Waals surface area (Å²) in [5, 5.41) is 12.6. The molecule has 134 valence electrons. The fourth-order valence-electron chi connectivity index (χ4n) is 3.39. The van der Waals surface area contributed by atoms with Gasteiger partial charge in [0.2, 0.25) is 6.29 Å². The van der Waals surface area contributed by atoms with Gasteiger partial charge in [-0.15, -0.1) is 11.3 Å². The number of primary amides is 1. The Labute approximate surface area is 151 Å². The van der Waals surface area contributed by atoms with Crippen LogP contribution in [0.15, 0.2) is 41.5 Å². The Kier molecular flexibility index (Phi) is 5.73. The van der Waals surface area contributed by atoms with Crippen LogP contribution in [0, 0.1) is 5.92 Å². The van der Waals surface area contributed by atoms with Crippen molar-refractivity contribution in [2.45, 2.75) is 32.0 Å². The third-order valence-corrected chi connectivity index (χ3v) is 5.51.